The lowest BCUT2D eigenvalue weighted by atomic mass is 9.79. The molecule has 0 aromatic carbocycles. The standard InChI is InChI=1S/C15H28N4/c1-11(2)8-16-9-15-17-10-19(18-15)14-6-5-12(3)13(4)7-14/h10-14,16H,5-9H2,1-4H3. The summed E-state index contributed by atoms with van der Waals surface area (Å²) in [6, 6.07) is 0.553. The normalized spacial score (nSPS) is 27.9. The molecule has 3 unspecified atom stereocenters. The molecule has 0 radical (unpaired) electrons. The number of hydrogen-bond acceptors (Lipinski definition) is 3. The predicted octanol–water partition coefficient (Wildman–Crippen LogP) is 3.02. The molecular weight excluding hydrogens is 236 g/mol. The van der Waals surface area contributed by atoms with Crippen LogP contribution in [0.4, 0.5) is 0 Å². The van der Waals surface area contributed by atoms with E-state index in [1.165, 1.54) is 19.3 Å². The molecule has 4 heteroatoms. The molecule has 0 amide bonds. The van der Waals surface area contributed by atoms with Crippen molar-refractivity contribution in [2.24, 2.45) is 17.8 Å². The number of aromatic nitrogens is 3. The molecule has 0 aliphatic heterocycles. The number of nitrogens with zero attached hydrogens (tertiary/aromatic N) is 3. The molecule has 1 aromatic rings. The molecule has 2 rings (SSSR count). The Labute approximate surface area is 117 Å². The van der Waals surface area contributed by atoms with Crippen LogP contribution in [-0.2, 0) is 6.54 Å². The van der Waals surface area contributed by atoms with Gasteiger partial charge in [-0.2, -0.15) is 5.10 Å². The minimum atomic E-state index is 0.553. The third kappa shape index (κ3) is 4.03. The third-order valence-electron chi connectivity index (χ3n) is 4.34. The van der Waals surface area contributed by atoms with Crippen molar-refractivity contribution >= 4 is 0 Å². The second-order valence-electron chi connectivity index (χ2n) is 6.59. The van der Waals surface area contributed by atoms with Crippen molar-refractivity contribution in [2.45, 2.75) is 59.5 Å². The van der Waals surface area contributed by atoms with Crippen LogP contribution < -0.4 is 5.32 Å². The van der Waals surface area contributed by atoms with Gasteiger partial charge in [-0.1, -0.05) is 27.7 Å². The lowest BCUT2D eigenvalue weighted by Gasteiger charge is -2.31. The second kappa shape index (κ2) is 6.51. The fraction of sp³-hybridized carbons (Fsp3) is 0.867. The van der Waals surface area contributed by atoms with Gasteiger partial charge < -0.3 is 5.32 Å². The molecule has 19 heavy (non-hydrogen) atoms. The van der Waals surface area contributed by atoms with E-state index < -0.39 is 0 Å². The van der Waals surface area contributed by atoms with Gasteiger partial charge in [0.2, 0.25) is 0 Å². The van der Waals surface area contributed by atoms with Gasteiger partial charge in [0, 0.05) is 0 Å². The van der Waals surface area contributed by atoms with Crippen LogP contribution in [-0.4, -0.2) is 21.3 Å². The van der Waals surface area contributed by atoms with Crippen LogP contribution in [0.25, 0.3) is 0 Å². The summed E-state index contributed by atoms with van der Waals surface area (Å²) in [5, 5.41) is 8.03. The lowest BCUT2D eigenvalue weighted by Crippen LogP contribution is -2.24. The molecule has 1 aliphatic rings. The molecule has 108 valence electrons. The maximum atomic E-state index is 4.63. The van der Waals surface area contributed by atoms with Crippen molar-refractivity contribution < 1.29 is 0 Å². The second-order valence-corrected chi connectivity index (χ2v) is 6.59. The van der Waals surface area contributed by atoms with Crippen LogP contribution in [0.5, 0.6) is 0 Å². The highest BCUT2D eigenvalue weighted by molar-refractivity contribution is 4.85. The van der Waals surface area contributed by atoms with Crippen molar-refractivity contribution in [2.75, 3.05) is 6.54 Å². The van der Waals surface area contributed by atoms with E-state index in [1.54, 1.807) is 0 Å². The van der Waals surface area contributed by atoms with E-state index in [1.807, 2.05) is 6.33 Å². The highest BCUT2D eigenvalue weighted by Gasteiger charge is 2.26. The maximum Gasteiger partial charge on any atom is 0.164 e. The van der Waals surface area contributed by atoms with Crippen molar-refractivity contribution in [1.29, 1.82) is 0 Å². The van der Waals surface area contributed by atoms with Gasteiger partial charge in [0.05, 0.1) is 12.6 Å². The summed E-state index contributed by atoms with van der Waals surface area (Å²) in [6.07, 6.45) is 5.71. The first-order chi connectivity index (χ1) is 9.06. The molecule has 1 aliphatic carbocycles. The first-order valence-corrected chi connectivity index (χ1v) is 7.67. The minimum absolute atomic E-state index is 0.553. The van der Waals surface area contributed by atoms with Crippen LogP contribution >= 0.6 is 0 Å². The molecule has 1 N–H and O–H groups in total. The quantitative estimate of drug-likeness (QED) is 0.889. The Kier molecular flexibility index (Phi) is 4.97. The van der Waals surface area contributed by atoms with Gasteiger partial charge in [-0.05, 0) is 43.6 Å². The monoisotopic (exact) mass is 264 g/mol. The molecule has 0 saturated heterocycles. The Morgan fingerprint density at radius 1 is 1.32 bits per heavy atom. The van der Waals surface area contributed by atoms with Gasteiger partial charge in [-0.3, -0.25) is 0 Å². The fourth-order valence-electron chi connectivity index (χ4n) is 2.80. The zero-order chi connectivity index (χ0) is 13.8. The van der Waals surface area contributed by atoms with Crippen LogP contribution in [0.15, 0.2) is 6.33 Å². The Morgan fingerprint density at radius 2 is 2.11 bits per heavy atom. The molecule has 1 saturated carbocycles. The smallest absolute Gasteiger partial charge is 0.164 e. The summed E-state index contributed by atoms with van der Waals surface area (Å²) in [4.78, 5) is 4.42. The van der Waals surface area contributed by atoms with Crippen molar-refractivity contribution in [3.8, 4) is 0 Å². The summed E-state index contributed by atoms with van der Waals surface area (Å²) in [7, 11) is 0. The Hall–Kier alpha value is -0.900. The zero-order valence-corrected chi connectivity index (χ0v) is 12.8. The van der Waals surface area contributed by atoms with Gasteiger partial charge in [-0.25, -0.2) is 9.67 Å². The Morgan fingerprint density at radius 3 is 2.79 bits per heavy atom. The van der Waals surface area contributed by atoms with Gasteiger partial charge in [0.15, 0.2) is 5.82 Å². The van der Waals surface area contributed by atoms with Crippen molar-refractivity contribution in [1.82, 2.24) is 20.1 Å². The molecule has 1 fully saturated rings. The maximum absolute atomic E-state index is 4.63. The first-order valence-electron chi connectivity index (χ1n) is 7.67. The van der Waals surface area contributed by atoms with E-state index in [0.717, 1.165) is 30.7 Å². The average Bonchev–Trinajstić information content (AvgIpc) is 2.81. The van der Waals surface area contributed by atoms with E-state index in [4.69, 9.17) is 0 Å². The molecule has 1 aromatic heterocycles. The summed E-state index contributed by atoms with van der Waals surface area (Å²) < 4.78 is 2.09. The molecule has 4 nitrogen and oxygen atoms in total. The largest absolute Gasteiger partial charge is 0.310 e. The van der Waals surface area contributed by atoms with E-state index in [-0.39, 0.29) is 0 Å². The molecular formula is C15H28N4. The lowest BCUT2D eigenvalue weighted by molar-refractivity contribution is 0.200. The van der Waals surface area contributed by atoms with Gasteiger partial charge in [0.25, 0.3) is 0 Å². The molecule has 0 bridgehead atoms. The minimum Gasteiger partial charge on any atom is -0.310 e. The van der Waals surface area contributed by atoms with Crippen LogP contribution in [0.1, 0.15) is 58.8 Å². The first kappa shape index (κ1) is 14.5. The summed E-state index contributed by atoms with van der Waals surface area (Å²) in [5.74, 6) is 3.24. The van der Waals surface area contributed by atoms with Gasteiger partial charge in [-0.15, -0.1) is 0 Å². The van der Waals surface area contributed by atoms with Crippen molar-refractivity contribution in [3.05, 3.63) is 12.2 Å². The van der Waals surface area contributed by atoms with E-state index >= 15 is 0 Å². The van der Waals surface area contributed by atoms with E-state index in [9.17, 15) is 0 Å². The highest BCUT2D eigenvalue weighted by Crippen LogP contribution is 2.35. The highest BCUT2D eigenvalue weighted by atomic mass is 15.3. The van der Waals surface area contributed by atoms with Crippen molar-refractivity contribution in [3.63, 3.8) is 0 Å². The average molecular weight is 264 g/mol. The fourth-order valence-corrected chi connectivity index (χ4v) is 2.80. The van der Waals surface area contributed by atoms with Gasteiger partial charge in [0.1, 0.15) is 6.33 Å². The Bertz CT molecular complexity index is 385. The molecule has 0 spiro atoms. The predicted molar refractivity (Wildman–Crippen MR) is 77.8 cm³/mol. The van der Waals surface area contributed by atoms with Gasteiger partial charge >= 0.3 is 0 Å². The number of hydrogen-bond donors (Lipinski definition) is 1. The SMILES string of the molecule is CC(C)CNCc1ncn(C2CCC(C)C(C)C2)n1. The molecule has 1 heterocycles. The summed E-state index contributed by atoms with van der Waals surface area (Å²) >= 11 is 0. The zero-order valence-electron chi connectivity index (χ0n) is 12.8. The van der Waals surface area contributed by atoms with Crippen LogP contribution in [0.2, 0.25) is 0 Å². The van der Waals surface area contributed by atoms with Crippen LogP contribution in [0.3, 0.4) is 0 Å². The topological polar surface area (TPSA) is 42.7 Å². The summed E-state index contributed by atoms with van der Waals surface area (Å²) in [6.45, 7) is 11.0. The van der Waals surface area contributed by atoms with E-state index in [0.29, 0.717) is 12.0 Å². The number of rotatable bonds is 5. The Balaban J connectivity index is 1.86. The molecule has 3 atom stereocenters. The number of nitrogens with one attached hydrogen (secondary N) is 1. The van der Waals surface area contributed by atoms with Crippen LogP contribution in [0, 0.1) is 17.8 Å². The summed E-state index contributed by atoms with van der Waals surface area (Å²) in [5.41, 5.74) is 0. The third-order valence-corrected chi connectivity index (χ3v) is 4.34. The van der Waals surface area contributed by atoms with E-state index in [2.05, 4.69) is 47.8 Å².